The lowest BCUT2D eigenvalue weighted by Gasteiger charge is -2.33. The van der Waals surface area contributed by atoms with Gasteiger partial charge in [0.25, 0.3) is 5.91 Å². The lowest BCUT2D eigenvalue weighted by Crippen LogP contribution is -2.50. The first kappa shape index (κ1) is 29.1. The molecule has 3 aromatic carbocycles. The Morgan fingerprint density at radius 3 is 2.29 bits per heavy atom. The second kappa shape index (κ2) is 12.1. The Bertz CT molecular complexity index is 1540. The predicted molar refractivity (Wildman–Crippen MR) is 147 cm³/mol. The third-order valence-corrected chi connectivity index (χ3v) is 5.92. The van der Waals surface area contributed by atoms with Crippen molar-refractivity contribution in [1.29, 1.82) is 0 Å². The monoisotopic (exact) mass is 564 g/mol. The maximum atomic E-state index is 14.4. The molecule has 1 N–H and O–H groups in total. The zero-order valence-electron chi connectivity index (χ0n) is 23.3. The van der Waals surface area contributed by atoms with Gasteiger partial charge >= 0.3 is 0 Å². The first-order valence-corrected chi connectivity index (χ1v) is 12.6. The van der Waals surface area contributed by atoms with Crippen LogP contribution in [0.5, 0.6) is 11.5 Å². The highest BCUT2D eigenvalue weighted by Gasteiger charge is 2.35. The van der Waals surface area contributed by atoms with Gasteiger partial charge in [-0.15, -0.1) is 10.2 Å². The predicted octanol–water partition coefficient (Wildman–Crippen LogP) is 4.32. The fraction of sp³-hybridized carbons (Fsp3) is 0.276. The second-order valence-electron chi connectivity index (χ2n) is 10.2. The Hall–Kier alpha value is -4.87. The molecule has 0 fully saturated rings. The lowest BCUT2D eigenvalue weighted by atomic mass is 10.0. The van der Waals surface area contributed by atoms with Crippen LogP contribution in [0.4, 0.5) is 14.5 Å². The van der Waals surface area contributed by atoms with Crippen molar-refractivity contribution >= 4 is 17.5 Å². The molecule has 4 rings (SSSR count). The minimum atomic E-state index is -1.27. The highest BCUT2D eigenvalue weighted by Crippen LogP contribution is 2.32. The van der Waals surface area contributed by atoms with Crippen LogP contribution in [0, 0.1) is 11.6 Å². The average molecular weight is 565 g/mol. The minimum absolute atomic E-state index is 0.119. The van der Waals surface area contributed by atoms with Gasteiger partial charge in [-0.25, -0.2) is 8.78 Å². The topological polar surface area (TPSA) is 111 Å². The average Bonchev–Trinajstić information content (AvgIpc) is 3.39. The van der Waals surface area contributed by atoms with E-state index in [-0.39, 0.29) is 11.5 Å². The van der Waals surface area contributed by atoms with E-state index in [1.54, 1.807) is 39.0 Å². The van der Waals surface area contributed by atoms with Gasteiger partial charge in [0.1, 0.15) is 24.2 Å². The van der Waals surface area contributed by atoms with Gasteiger partial charge < -0.3 is 14.8 Å². The zero-order chi connectivity index (χ0) is 29.7. The molecule has 0 aliphatic rings. The van der Waals surface area contributed by atoms with E-state index in [1.165, 1.54) is 56.7 Å². The van der Waals surface area contributed by atoms with Crippen LogP contribution in [-0.2, 0) is 16.1 Å². The standard InChI is InChI=1S/C29H30F2N6O4/c1-29(2,3)32-28(39)26(18-9-12-20(30)13-10-18)37(22-8-6-7-21(31)16-22)25(38)17-36-34-27(33-35-36)19-11-14-23(40-4)24(15-19)41-5/h6-16,26H,17H2,1-5H3,(H,32,39)/t26-/m0/s1. The molecule has 2 amide bonds. The van der Waals surface area contributed by atoms with E-state index in [1.807, 2.05) is 0 Å². The molecule has 1 aromatic heterocycles. The number of hydrogen-bond acceptors (Lipinski definition) is 7. The molecule has 0 aliphatic carbocycles. The minimum Gasteiger partial charge on any atom is -0.493 e. The molecule has 0 radical (unpaired) electrons. The summed E-state index contributed by atoms with van der Waals surface area (Å²) >= 11 is 0. The number of aromatic nitrogens is 4. The summed E-state index contributed by atoms with van der Waals surface area (Å²) in [7, 11) is 3.02. The van der Waals surface area contributed by atoms with E-state index in [0.29, 0.717) is 22.6 Å². The zero-order valence-corrected chi connectivity index (χ0v) is 23.3. The molecule has 1 heterocycles. The number of nitrogens with zero attached hydrogens (tertiary/aromatic N) is 5. The molecule has 0 saturated carbocycles. The van der Waals surface area contributed by atoms with Crippen molar-refractivity contribution in [1.82, 2.24) is 25.5 Å². The Morgan fingerprint density at radius 1 is 0.951 bits per heavy atom. The fourth-order valence-corrected chi connectivity index (χ4v) is 4.16. The quantitative estimate of drug-likeness (QED) is 0.322. The number of amides is 2. The number of rotatable bonds is 9. The van der Waals surface area contributed by atoms with Crippen molar-refractivity contribution in [3.05, 3.63) is 83.9 Å². The highest BCUT2D eigenvalue weighted by molar-refractivity contribution is 6.01. The van der Waals surface area contributed by atoms with Crippen molar-refractivity contribution in [2.45, 2.75) is 38.9 Å². The van der Waals surface area contributed by atoms with Crippen LogP contribution in [0.3, 0.4) is 0 Å². The molecule has 10 nitrogen and oxygen atoms in total. The summed E-state index contributed by atoms with van der Waals surface area (Å²) in [5.74, 6) is -1.10. The van der Waals surface area contributed by atoms with E-state index < -0.39 is 41.6 Å². The molecule has 0 bridgehead atoms. The van der Waals surface area contributed by atoms with Crippen molar-refractivity contribution in [3.8, 4) is 22.9 Å². The molecule has 0 unspecified atom stereocenters. The Morgan fingerprint density at radius 2 is 1.66 bits per heavy atom. The van der Waals surface area contributed by atoms with Gasteiger partial charge in [0.15, 0.2) is 11.5 Å². The normalized spacial score (nSPS) is 12.0. The first-order chi connectivity index (χ1) is 19.5. The van der Waals surface area contributed by atoms with Crippen molar-refractivity contribution < 1.29 is 27.8 Å². The molecule has 12 heteroatoms. The van der Waals surface area contributed by atoms with Gasteiger partial charge in [-0.05, 0) is 80.1 Å². The van der Waals surface area contributed by atoms with E-state index >= 15 is 0 Å². The first-order valence-electron chi connectivity index (χ1n) is 12.6. The molecular formula is C29H30F2N6O4. The number of anilines is 1. The maximum absolute atomic E-state index is 14.4. The number of tetrazole rings is 1. The van der Waals surface area contributed by atoms with Gasteiger partial charge in [-0.2, -0.15) is 4.80 Å². The van der Waals surface area contributed by atoms with Crippen LogP contribution in [0.25, 0.3) is 11.4 Å². The smallest absolute Gasteiger partial charge is 0.251 e. The van der Waals surface area contributed by atoms with Gasteiger partial charge in [-0.3, -0.25) is 14.5 Å². The summed E-state index contributed by atoms with van der Waals surface area (Å²) in [4.78, 5) is 29.8. The molecule has 0 spiro atoms. The molecule has 1 atom stereocenters. The van der Waals surface area contributed by atoms with Crippen molar-refractivity contribution in [2.75, 3.05) is 19.1 Å². The number of nitrogens with one attached hydrogen (secondary N) is 1. The largest absolute Gasteiger partial charge is 0.493 e. The number of methoxy groups -OCH3 is 2. The van der Waals surface area contributed by atoms with Crippen LogP contribution in [0.15, 0.2) is 66.7 Å². The van der Waals surface area contributed by atoms with Crippen LogP contribution in [0.1, 0.15) is 32.4 Å². The molecule has 214 valence electrons. The van der Waals surface area contributed by atoms with Gasteiger partial charge in [0.2, 0.25) is 11.7 Å². The Kier molecular flexibility index (Phi) is 8.60. The van der Waals surface area contributed by atoms with E-state index in [0.717, 1.165) is 15.8 Å². The van der Waals surface area contributed by atoms with E-state index in [2.05, 4.69) is 20.7 Å². The Balaban J connectivity index is 1.73. The number of halogens is 2. The summed E-state index contributed by atoms with van der Waals surface area (Å²) in [5, 5.41) is 15.2. The number of hydrogen-bond donors (Lipinski definition) is 1. The lowest BCUT2D eigenvalue weighted by molar-refractivity contribution is -0.128. The van der Waals surface area contributed by atoms with E-state index in [9.17, 15) is 18.4 Å². The summed E-state index contributed by atoms with van der Waals surface area (Å²) in [5.41, 5.74) is 0.349. The second-order valence-corrected chi connectivity index (χ2v) is 10.2. The summed E-state index contributed by atoms with van der Waals surface area (Å²) in [6, 6.07) is 14.3. The number of benzene rings is 3. The summed E-state index contributed by atoms with van der Waals surface area (Å²) < 4.78 is 38.8. The van der Waals surface area contributed by atoms with Crippen LogP contribution < -0.4 is 19.7 Å². The summed E-state index contributed by atoms with van der Waals surface area (Å²) in [6.07, 6.45) is 0. The van der Waals surface area contributed by atoms with Gasteiger partial charge in [0.05, 0.1) is 14.2 Å². The van der Waals surface area contributed by atoms with Gasteiger partial charge in [0, 0.05) is 16.8 Å². The third-order valence-electron chi connectivity index (χ3n) is 5.92. The SMILES string of the molecule is COc1ccc(-c2nnn(CC(=O)N(c3cccc(F)c3)[C@H](C(=O)NC(C)(C)C)c3ccc(F)cc3)n2)cc1OC. The van der Waals surface area contributed by atoms with E-state index in [4.69, 9.17) is 9.47 Å². The molecule has 0 aliphatic heterocycles. The van der Waals surface area contributed by atoms with Crippen LogP contribution in [0.2, 0.25) is 0 Å². The number of ether oxygens (including phenoxy) is 2. The van der Waals surface area contributed by atoms with Crippen molar-refractivity contribution in [2.24, 2.45) is 0 Å². The number of carbonyl (C=O) groups is 2. The van der Waals surface area contributed by atoms with Crippen LogP contribution in [-0.4, -0.2) is 51.8 Å². The van der Waals surface area contributed by atoms with Crippen LogP contribution >= 0.6 is 0 Å². The van der Waals surface area contributed by atoms with Gasteiger partial charge in [-0.1, -0.05) is 18.2 Å². The molecular weight excluding hydrogens is 534 g/mol. The fourth-order valence-electron chi connectivity index (χ4n) is 4.16. The summed E-state index contributed by atoms with van der Waals surface area (Å²) in [6.45, 7) is 4.93. The van der Waals surface area contributed by atoms with Crippen molar-refractivity contribution in [3.63, 3.8) is 0 Å². The number of carbonyl (C=O) groups excluding carboxylic acids is 2. The molecule has 4 aromatic rings. The highest BCUT2D eigenvalue weighted by atomic mass is 19.1. The maximum Gasteiger partial charge on any atom is 0.251 e. The molecule has 0 saturated heterocycles. The molecule has 41 heavy (non-hydrogen) atoms. The third kappa shape index (κ3) is 7.02. The Labute approximate surface area is 235 Å².